The first-order chi connectivity index (χ1) is 13.4. The minimum atomic E-state index is -0.879. The second-order valence-corrected chi connectivity index (χ2v) is 6.63. The number of benzene rings is 2. The van der Waals surface area contributed by atoms with Gasteiger partial charge in [-0.3, -0.25) is 9.79 Å². The van der Waals surface area contributed by atoms with Gasteiger partial charge in [0.2, 0.25) is 5.91 Å². The topological polar surface area (TPSA) is 96.0 Å². The van der Waals surface area contributed by atoms with Gasteiger partial charge < -0.3 is 15.7 Å². The van der Waals surface area contributed by atoms with Crippen LogP contribution in [0.2, 0.25) is 0 Å². The van der Waals surface area contributed by atoms with Crippen LogP contribution in [0.5, 0.6) is 0 Å². The Morgan fingerprint density at radius 1 is 1.11 bits per heavy atom. The first kappa shape index (κ1) is 21.2. The standard InChI is InChI=1S/C15H21N3O.C7H6O2/c1-4-12-17-8-9-18(12)14(15(16)19)13-10(2)6-5-7-11(13)3;8-7(9)6-4-2-1-3-5-6/h5-7,14H,4,8-9H2,1-3H3,(H2,16,19);1-5H,(H,8,9). The average Bonchev–Trinajstić information content (AvgIpc) is 3.14. The van der Waals surface area contributed by atoms with E-state index in [0.29, 0.717) is 5.56 Å². The molecule has 28 heavy (non-hydrogen) atoms. The molecule has 1 amide bonds. The molecule has 6 heteroatoms. The van der Waals surface area contributed by atoms with Crippen LogP contribution < -0.4 is 5.73 Å². The number of carboxylic acids is 1. The van der Waals surface area contributed by atoms with Crippen molar-refractivity contribution in [3.05, 3.63) is 70.8 Å². The molecule has 148 valence electrons. The van der Waals surface area contributed by atoms with E-state index in [1.54, 1.807) is 30.3 Å². The number of carboxylic acid groups (broad SMARTS) is 1. The van der Waals surface area contributed by atoms with Crippen LogP contribution in [0.1, 0.15) is 46.4 Å². The number of hydrogen-bond donors (Lipinski definition) is 2. The zero-order valence-electron chi connectivity index (χ0n) is 16.6. The van der Waals surface area contributed by atoms with Gasteiger partial charge in [-0.2, -0.15) is 0 Å². The number of aliphatic imine (C=N–C) groups is 1. The summed E-state index contributed by atoms with van der Waals surface area (Å²) in [4.78, 5) is 28.7. The summed E-state index contributed by atoms with van der Waals surface area (Å²) >= 11 is 0. The Morgan fingerprint density at radius 3 is 2.18 bits per heavy atom. The molecule has 0 bridgehead atoms. The molecular formula is C22H27N3O3. The quantitative estimate of drug-likeness (QED) is 0.830. The lowest BCUT2D eigenvalue weighted by atomic mass is 9.94. The van der Waals surface area contributed by atoms with Crippen molar-refractivity contribution in [3.8, 4) is 0 Å². The van der Waals surface area contributed by atoms with Gasteiger partial charge in [-0.1, -0.05) is 43.3 Å². The van der Waals surface area contributed by atoms with Crippen LogP contribution in [0.4, 0.5) is 0 Å². The Balaban J connectivity index is 0.000000261. The van der Waals surface area contributed by atoms with Gasteiger partial charge in [0.15, 0.2) is 0 Å². The molecule has 0 spiro atoms. The van der Waals surface area contributed by atoms with Gasteiger partial charge in [-0.15, -0.1) is 0 Å². The predicted molar refractivity (Wildman–Crippen MR) is 111 cm³/mol. The summed E-state index contributed by atoms with van der Waals surface area (Å²) in [5, 5.41) is 8.38. The van der Waals surface area contributed by atoms with Crippen LogP contribution in [-0.2, 0) is 4.79 Å². The van der Waals surface area contributed by atoms with Crippen molar-refractivity contribution in [2.75, 3.05) is 13.1 Å². The fourth-order valence-electron chi connectivity index (χ4n) is 3.39. The molecule has 1 unspecified atom stereocenters. The molecule has 1 aliphatic heterocycles. The lowest BCUT2D eigenvalue weighted by molar-refractivity contribution is -0.122. The fraction of sp³-hybridized carbons (Fsp3) is 0.318. The maximum atomic E-state index is 12.0. The molecule has 1 aliphatic rings. The summed E-state index contributed by atoms with van der Waals surface area (Å²) in [6.45, 7) is 7.62. The van der Waals surface area contributed by atoms with Crippen LogP contribution >= 0.6 is 0 Å². The van der Waals surface area contributed by atoms with Crippen LogP contribution in [0.25, 0.3) is 0 Å². The highest BCUT2D eigenvalue weighted by Gasteiger charge is 2.31. The zero-order valence-corrected chi connectivity index (χ0v) is 16.6. The Bertz CT molecular complexity index is 842. The van der Waals surface area contributed by atoms with Gasteiger partial charge in [-0.25, -0.2) is 4.79 Å². The van der Waals surface area contributed by atoms with E-state index in [4.69, 9.17) is 10.8 Å². The molecule has 0 radical (unpaired) electrons. The van der Waals surface area contributed by atoms with E-state index in [0.717, 1.165) is 42.0 Å². The van der Waals surface area contributed by atoms with E-state index < -0.39 is 12.0 Å². The van der Waals surface area contributed by atoms with Crippen molar-refractivity contribution in [1.82, 2.24) is 4.90 Å². The van der Waals surface area contributed by atoms with E-state index in [-0.39, 0.29) is 5.91 Å². The van der Waals surface area contributed by atoms with Crippen molar-refractivity contribution < 1.29 is 14.7 Å². The highest BCUT2D eigenvalue weighted by Crippen LogP contribution is 2.29. The van der Waals surface area contributed by atoms with Crippen molar-refractivity contribution in [1.29, 1.82) is 0 Å². The zero-order chi connectivity index (χ0) is 20.7. The maximum absolute atomic E-state index is 12.0. The minimum Gasteiger partial charge on any atom is -0.478 e. The molecule has 2 aromatic rings. The molecule has 0 saturated carbocycles. The second kappa shape index (κ2) is 9.69. The van der Waals surface area contributed by atoms with Crippen LogP contribution in [-0.4, -0.2) is 40.8 Å². The van der Waals surface area contributed by atoms with E-state index in [9.17, 15) is 9.59 Å². The van der Waals surface area contributed by atoms with Gasteiger partial charge in [0.1, 0.15) is 6.04 Å². The largest absolute Gasteiger partial charge is 0.478 e. The lowest BCUT2D eigenvalue weighted by Crippen LogP contribution is -2.40. The maximum Gasteiger partial charge on any atom is 0.335 e. The SMILES string of the molecule is CCC1=NCCN1C(C(N)=O)c1c(C)cccc1C.O=C(O)c1ccccc1. The van der Waals surface area contributed by atoms with Crippen molar-refractivity contribution in [2.24, 2.45) is 10.7 Å². The van der Waals surface area contributed by atoms with E-state index in [2.05, 4.69) is 16.8 Å². The van der Waals surface area contributed by atoms with Crippen LogP contribution in [0.15, 0.2) is 53.5 Å². The molecule has 1 atom stereocenters. The van der Waals surface area contributed by atoms with Crippen molar-refractivity contribution >= 4 is 17.7 Å². The lowest BCUT2D eigenvalue weighted by Gasteiger charge is -2.30. The van der Waals surface area contributed by atoms with Gasteiger partial charge in [0, 0.05) is 13.0 Å². The number of nitrogens with two attached hydrogens (primary N) is 1. The molecule has 6 nitrogen and oxygen atoms in total. The summed E-state index contributed by atoms with van der Waals surface area (Å²) in [7, 11) is 0. The summed E-state index contributed by atoms with van der Waals surface area (Å²) in [5.41, 5.74) is 9.23. The fourth-order valence-corrected chi connectivity index (χ4v) is 3.39. The summed E-state index contributed by atoms with van der Waals surface area (Å²) in [6.07, 6.45) is 0.828. The number of aryl methyl sites for hydroxylation is 2. The van der Waals surface area contributed by atoms with Crippen molar-refractivity contribution in [2.45, 2.75) is 33.2 Å². The van der Waals surface area contributed by atoms with Gasteiger partial charge in [0.25, 0.3) is 0 Å². The molecule has 1 heterocycles. The number of amides is 1. The molecule has 3 N–H and O–H groups in total. The molecule has 3 rings (SSSR count). The first-order valence-corrected chi connectivity index (χ1v) is 9.30. The van der Waals surface area contributed by atoms with Crippen molar-refractivity contribution in [3.63, 3.8) is 0 Å². The Morgan fingerprint density at radius 2 is 1.71 bits per heavy atom. The molecule has 0 aliphatic carbocycles. The number of carbonyl (C=O) groups is 2. The highest BCUT2D eigenvalue weighted by molar-refractivity contribution is 5.91. The van der Waals surface area contributed by atoms with Gasteiger partial charge in [0.05, 0.1) is 17.9 Å². The number of primary amides is 1. The number of nitrogens with zero attached hydrogens (tertiary/aromatic N) is 2. The highest BCUT2D eigenvalue weighted by atomic mass is 16.4. The Kier molecular flexibility index (Phi) is 7.32. The monoisotopic (exact) mass is 381 g/mol. The Labute approximate surface area is 165 Å². The number of amidine groups is 1. The van der Waals surface area contributed by atoms with E-state index in [1.807, 2.05) is 32.0 Å². The van der Waals surface area contributed by atoms with E-state index >= 15 is 0 Å². The minimum absolute atomic E-state index is 0.305. The van der Waals surface area contributed by atoms with Crippen LogP contribution in [0.3, 0.4) is 0 Å². The van der Waals surface area contributed by atoms with Gasteiger partial charge in [-0.05, 0) is 42.7 Å². The number of rotatable bonds is 5. The van der Waals surface area contributed by atoms with Gasteiger partial charge >= 0.3 is 5.97 Å². The third kappa shape index (κ3) is 4.97. The molecule has 0 aromatic heterocycles. The normalized spacial score (nSPS) is 14.0. The first-order valence-electron chi connectivity index (χ1n) is 9.30. The molecule has 0 fully saturated rings. The third-order valence-electron chi connectivity index (χ3n) is 4.70. The van der Waals surface area contributed by atoms with E-state index in [1.165, 1.54) is 0 Å². The molecular weight excluding hydrogens is 354 g/mol. The number of aromatic carboxylic acids is 1. The summed E-state index contributed by atoms with van der Waals surface area (Å²) in [5.74, 6) is -0.206. The smallest absolute Gasteiger partial charge is 0.335 e. The second-order valence-electron chi connectivity index (χ2n) is 6.63. The number of hydrogen-bond acceptors (Lipinski definition) is 4. The Hall–Kier alpha value is -3.15. The third-order valence-corrected chi connectivity index (χ3v) is 4.70. The number of carbonyl (C=O) groups excluding carboxylic acids is 1. The molecule has 0 saturated heterocycles. The van der Waals surface area contributed by atoms with Crippen LogP contribution in [0, 0.1) is 13.8 Å². The molecule has 2 aromatic carbocycles. The average molecular weight is 381 g/mol. The summed E-state index contributed by atoms with van der Waals surface area (Å²) in [6, 6.07) is 13.9. The summed E-state index contributed by atoms with van der Waals surface area (Å²) < 4.78 is 0. The predicted octanol–water partition coefficient (Wildman–Crippen LogP) is 3.34.